The molecule has 17 heavy (non-hydrogen) atoms. The van der Waals surface area contributed by atoms with E-state index in [1.54, 1.807) is 0 Å². The van der Waals surface area contributed by atoms with Gasteiger partial charge in [0.05, 0.1) is 6.61 Å². The Morgan fingerprint density at radius 1 is 1.24 bits per heavy atom. The predicted octanol–water partition coefficient (Wildman–Crippen LogP) is 2.04. The van der Waals surface area contributed by atoms with Gasteiger partial charge in [0.25, 0.3) is 0 Å². The summed E-state index contributed by atoms with van der Waals surface area (Å²) in [5.74, 6) is 2.26. The molecule has 3 heteroatoms. The normalized spacial score (nSPS) is 30.5. The molecule has 0 saturated heterocycles. The first kappa shape index (κ1) is 12.9. The van der Waals surface area contributed by atoms with E-state index in [1.165, 1.54) is 6.42 Å². The zero-order chi connectivity index (χ0) is 12.4. The van der Waals surface area contributed by atoms with Crippen LogP contribution in [-0.4, -0.2) is 35.1 Å². The van der Waals surface area contributed by atoms with Crippen LogP contribution in [0.5, 0.6) is 0 Å². The highest BCUT2D eigenvalue weighted by atomic mass is 16.3. The molecule has 2 aliphatic carbocycles. The molecule has 2 unspecified atom stereocenters. The standard InChI is InChI=1S/C14H25NO2/c1-3-13(4-2)15(5-6-16)14(17)12-8-10-7-11(10)9-12/h10-13,16H,3-9H2,1-2H3. The molecule has 0 bridgehead atoms. The van der Waals surface area contributed by atoms with Gasteiger partial charge in [-0.05, 0) is 43.9 Å². The van der Waals surface area contributed by atoms with Crippen molar-refractivity contribution in [1.82, 2.24) is 4.90 Å². The van der Waals surface area contributed by atoms with Gasteiger partial charge in [0.2, 0.25) is 5.91 Å². The van der Waals surface area contributed by atoms with Crippen molar-refractivity contribution in [1.29, 1.82) is 0 Å². The monoisotopic (exact) mass is 239 g/mol. The molecule has 1 amide bonds. The fraction of sp³-hybridized carbons (Fsp3) is 0.929. The molecule has 2 fully saturated rings. The summed E-state index contributed by atoms with van der Waals surface area (Å²) in [6.45, 7) is 4.84. The van der Waals surface area contributed by atoms with Crippen LogP contribution in [0.25, 0.3) is 0 Å². The van der Waals surface area contributed by atoms with Crippen LogP contribution in [0.4, 0.5) is 0 Å². The van der Waals surface area contributed by atoms with E-state index in [9.17, 15) is 4.79 Å². The van der Waals surface area contributed by atoms with E-state index in [0.717, 1.165) is 37.5 Å². The average molecular weight is 239 g/mol. The molecule has 2 atom stereocenters. The van der Waals surface area contributed by atoms with Crippen LogP contribution in [0, 0.1) is 17.8 Å². The molecule has 2 rings (SSSR count). The van der Waals surface area contributed by atoms with Crippen molar-refractivity contribution in [3.05, 3.63) is 0 Å². The number of aliphatic hydroxyl groups excluding tert-OH is 1. The van der Waals surface area contributed by atoms with Crippen LogP contribution in [0.3, 0.4) is 0 Å². The average Bonchev–Trinajstić information content (AvgIpc) is 2.95. The molecule has 0 radical (unpaired) electrons. The van der Waals surface area contributed by atoms with E-state index >= 15 is 0 Å². The second kappa shape index (κ2) is 5.38. The van der Waals surface area contributed by atoms with Gasteiger partial charge >= 0.3 is 0 Å². The van der Waals surface area contributed by atoms with Crippen molar-refractivity contribution in [3.8, 4) is 0 Å². The van der Waals surface area contributed by atoms with E-state index < -0.39 is 0 Å². The lowest BCUT2D eigenvalue weighted by molar-refractivity contribution is -0.138. The van der Waals surface area contributed by atoms with Crippen molar-refractivity contribution in [2.75, 3.05) is 13.2 Å². The Balaban J connectivity index is 1.96. The van der Waals surface area contributed by atoms with Gasteiger partial charge in [-0.1, -0.05) is 13.8 Å². The molecule has 98 valence electrons. The third-order valence-electron chi connectivity index (χ3n) is 4.60. The largest absolute Gasteiger partial charge is 0.395 e. The minimum Gasteiger partial charge on any atom is -0.395 e. The van der Waals surface area contributed by atoms with E-state index in [1.807, 2.05) is 4.90 Å². The van der Waals surface area contributed by atoms with Gasteiger partial charge in [-0.25, -0.2) is 0 Å². The number of fused-ring (bicyclic) bond motifs is 1. The Labute approximate surface area is 104 Å². The Kier molecular flexibility index (Phi) is 4.08. The van der Waals surface area contributed by atoms with E-state index in [0.29, 0.717) is 18.5 Å². The highest BCUT2D eigenvalue weighted by Gasteiger charge is 2.49. The van der Waals surface area contributed by atoms with Gasteiger partial charge in [0.1, 0.15) is 0 Å². The van der Waals surface area contributed by atoms with Crippen molar-refractivity contribution in [3.63, 3.8) is 0 Å². The van der Waals surface area contributed by atoms with E-state index in [-0.39, 0.29) is 12.5 Å². The summed E-state index contributed by atoms with van der Waals surface area (Å²) in [5, 5.41) is 9.14. The quantitative estimate of drug-likeness (QED) is 0.770. The molecule has 0 aromatic rings. The smallest absolute Gasteiger partial charge is 0.226 e. The number of hydrogen-bond acceptors (Lipinski definition) is 2. The van der Waals surface area contributed by atoms with Gasteiger partial charge in [-0.3, -0.25) is 4.79 Å². The maximum Gasteiger partial charge on any atom is 0.226 e. The van der Waals surface area contributed by atoms with E-state index in [4.69, 9.17) is 5.11 Å². The van der Waals surface area contributed by atoms with Crippen molar-refractivity contribution in [2.45, 2.75) is 52.0 Å². The first-order chi connectivity index (χ1) is 8.21. The molecule has 1 N–H and O–H groups in total. The van der Waals surface area contributed by atoms with Crippen LogP contribution < -0.4 is 0 Å². The summed E-state index contributed by atoms with van der Waals surface area (Å²) in [5.41, 5.74) is 0. The van der Waals surface area contributed by atoms with Gasteiger partial charge in [0.15, 0.2) is 0 Å². The van der Waals surface area contributed by atoms with Crippen LogP contribution in [-0.2, 0) is 4.79 Å². The van der Waals surface area contributed by atoms with Gasteiger partial charge in [-0.15, -0.1) is 0 Å². The SMILES string of the molecule is CCC(CC)N(CCO)C(=O)C1CC2CC2C1. The second-order valence-corrected chi connectivity index (χ2v) is 5.65. The molecule has 0 heterocycles. The molecular formula is C14H25NO2. The van der Waals surface area contributed by atoms with Gasteiger partial charge in [-0.2, -0.15) is 0 Å². The molecule has 0 spiro atoms. The fourth-order valence-electron chi connectivity index (χ4n) is 3.46. The highest BCUT2D eigenvalue weighted by molar-refractivity contribution is 5.79. The van der Waals surface area contributed by atoms with Crippen LogP contribution in [0.1, 0.15) is 46.0 Å². The number of amides is 1. The molecule has 0 aliphatic heterocycles. The Bertz CT molecular complexity index is 265. The van der Waals surface area contributed by atoms with Crippen LogP contribution in [0.15, 0.2) is 0 Å². The van der Waals surface area contributed by atoms with Crippen LogP contribution >= 0.6 is 0 Å². The summed E-state index contributed by atoms with van der Waals surface area (Å²) in [4.78, 5) is 14.4. The first-order valence-corrected chi connectivity index (χ1v) is 7.12. The lowest BCUT2D eigenvalue weighted by Crippen LogP contribution is -2.44. The molecular weight excluding hydrogens is 214 g/mol. The Morgan fingerprint density at radius 3 is 2.29 bits per heavy atom. The second-order valence-electron chi connectivity index (χ2n) is 5.65. The summed E-state index contributed by atoms with van der Waals surface area (Å²) >= 11 is 0. The predicted molar refractivity (Wildman–Crippen MR) is 67.5 cm³/mol. The maximum absolute atomic E-state index is 12.5. The zero-order valence-corrected chi connectivity index (χ0v) is 11.1. The topological polar surface area (TPSA) is 40.5 Å². The first-order valence-electron chi connectivity index (χ1n) is 7.12. The summed E-state index contributed by atoms with van der Waals surface area (Å²) in [7, 11) is 0. The lowest BCUT2D eigenvalue weighted by atomic mass is 9.99. The molecule has 0 aromatic carbocycles. The zero-order valence-electron chi connectivity index (χ0n) is 11.1. The number of nitrogens with zero attached hydrogens (tertiary/aromatic N) is 1. The van der Waals surface area contributed by atoms with Crippen molar-refractivity contribution >= 4 is 5.91 Å². The van der Waals surface area contributed by atoms with Gasteiger partial charge in [0, 0.05) is 18.5 Å². The van der Waals surface area contributed by atoms with Gasteiger partial charge < -0.3 is 10.0 Å². The van der Waals surface area contributed by atoms with Crippen LogP contribution in [0.2, 0.25) is 0 Å². The highest BCUT2D eigenvalue weighted by Crippen LogP contribution is 2.54. The number of aliphatic hydroxyl groups is 1. The fourth-order valence-corrected chi connectivity index (χ4v) is 3.46. The number of carbonyl (C=O) groups excluding carboxylic acids is 1. The summed E-state index contributed by atoms with van der Waals surface area (Å²) in [6.07, 6.45) is 5.54. The van der Waals surface area contributed by atoms with Crippen molar-refractivity contribution < 1.29 is 9.90 Å². The third-order valence-corrected chi connectivity index (χ3v) is 4.60. The summed E-state index contributed by atoms with van der Waals surface area (Å²) in [6, 6.07) is 0.312. The number of hydrogen-bond donors (Lipinski definition) is 1. The van der Waals surface area contributed by atoms with E-state index in [2.05, 4.69) is 13.8 Å². The Hall–Kier alpha value is -0.570. The molecule has 2 aliphatic rings. The molecule has 2 saturated carbocycles. The minimum atomic E-state index is 0.0851. The minimum absolute atomic E-state index is 0.0851. The molecule has 0 aromatic heterocycles. The maximum atomic E-state index is 12.5. The number of carbonyl (C=O) groups is 1. The lowest BCUT2D eigenvalue weighted by Gasteiger charge is -2.32. The Morgan fingerprint density at radius 2 is 1.82 bits per heavy atom. The molecule has 3 nitrogen and oxygen atoms in total. The summed E-state index contributed by atoms with van der Waals surface area (Å²) < 4.78 is 0. The van der Waals surface area contributed by atoms with Crippen molar-refractivity contribution in [2.24, 2.45) is 17.8 Å². The number of rotatable bonds is 6. The third kappa shape index (κ3) is 2.65.